The number of nitrogens with zero attached hydrogens (tertiary/aromatic N) is 3. The first-order valence-electron chi connectivity index (χ1n) is 6.66. The maximum atomic E-state index is 6.15. The van der Waals surface area contributed by atoms with Gasteiger partial charge in [-0.15, -0.1) is 0 Å². The van der Waals surface area contributed by atoms with Gasteiger partial charge in [-0.2, -0.15) is 15.1 Å². The van der Waals surface area contributed by atoms with Gasteiger partial charge in [-0.3, -0.25) is 5.10 Å². The molecule has 3 N–H and O–H groups in total. The first-order valence-corrected chi connectivity index (χ1v) is 7.04. The minimum absolute atomic E-state index is 0.552. The SMILES string of the molecule is CCNc1nc(Nc2cccc(Cl)c2C)c2cn[nH]c2n1. The maximum Gasteiger partial charge on any atom is 0.226 e. The van der Waals surface area contributed by atoms with Crippen LogP contribution in [0, 0.1) is 6.92 Å². The first-order chi connectivity index (χ1) is 10.2. The summed E-state index contributed by atoms with van der Waals surface area (Å²) < 4.78 is 0. The zero-order valence-corrected chi connectivity index (χ0v) is 12.5. The fraction of sp³-hybridized carbons (Fsp3) is 0.214. The fourth-order valence-corrected chi connectivity index (χ4v) is 2.21. The minimum Gasteiger partial charge on any atom is -0.354 e. The van der Waals surface area contributed by atoms with Gasteiger partial charge in [0.2, 0.25) is 5.95 Å². The average molecular weight is 303 g/mol. The van der Waals surface area contributed by atoms with Gasteiger partial charge in [0.15, 0.2) is 5.65 Å². The molecule has 0 saturated heterocycles. The van der Waals surface area contributed by atoms with Crippen molar-refractivity contribution >= 4 is 40.1 Å². The van der Waals surface area contributed by atoms with Gasteiger partial charge in [0, 0.05) is 17.3 Å². The third-order valence-corrected chi connectivity index (χ3v) is 3.57. The molecule has 0 amide bonds. The lowest BCUT2D eigenvalue weighted by Crippen LogP contribution is -2.05. The number of hydrogen-bond donors (Lipinski definition) is 3. The number of aromatic nitrogens is 4. The Hall–Kier alpha value is -2.34. The summed E-state index contributed by atoms with van der Waals surface area (Å²) in [4.78, 5) is 8.85. The maximum absolute atomic E-state index is 6.15. The lowest BCUT2D eigenvalue weighted by Gasteiger charge is -2.11. The van der Waals surface area contributed by atoms with Gasteiger partial charge in [0.25, 0.3) is 0 Å². The molecule has 0 spiro atoms. The van der Waals surface area contributed by atoms with Gasteiger partial charge in [-0.25, -0.2) is 0 Å². The second kappa shape index (κ2) is 5.57. The molecular weight excluding hydrogens is 288 g/mol. The summed E-state index contributed by atoms with van der Waals surface area (Å²) >= 11 is 6.15. The van der Waals surface area contributed by atoms with E-state index in [1.54, 1.807) is 6.20 Å². The molecule has 108 valence electrons. The molecule has 0 fully saturated rings. The Kier molecular flexibility index (Phi) is 3.62. The molecule has 21 heavy (non-hydrogen) atoms. The van der Waals surface area contributed by atoms with E-state index in [2.05, 4.69) is 30.8 Å². The standard InChI is InChI=1S/C14H15ClN6/c1-3-16-14-19-12(9-7-17-21-13(9)20-14)18-11-6-4-5-10(15)8(11)2/h4-7H,3H2,1-2H3,(H3,16,17,18,19,20,21). The summed E-state index contributed by atoms with van der Waals surface area (Å²) in [7, 11) is 0. The summed E-state index contributed by atoms with van der Waals surface area (Å²) in [6.07, 6.45) is 1.70. The van der Waals surface area contributed by atoms with Crippen molar-refractivity contribution in [3.63, 3.8) is 0 Å². The summed E-state index contributed by atoms with van der Waals surface area (Å²) in [5.74, 6) is 1.24. The molecule has 0 aliphatic heterocycles. The third-order valence-electron chi connectivity index (χ3n) is 3.17. The molecule has 6 nitrogen and oxygen atoms in total. The molecule has 0 atom stereocenters. The number of hydrogen-bond acceptors (Lipinski definition) is 5. The van der Waals surface area contributed by atoms with Crippen molar-refractivity contribution in [2.45, 2.75) is 13.8 Å². The van der Waals surface area contributed by atoms with E-state index >= 15 is 0 Å². The Labute approximate surface area is 127 Å². The average Bonchev–Trinajstić information content (AvgIpc) is 2.93. The molecule has 3 aromatic rings. The molecule has 0 aliphatic carbocycles. The Morgan fingerprint density at radius 3 is 2.95 bits per heavy atom. The predicted octanol–water partition coefficient (Wildman–Crippen LogP) is 3.49. The highest BCUT2D eigenvalue weighted by atomic mass is 35.5. The van der Waals surface area contributed by atoms with Crippen molar-refractivity contribution in [1.29, 1.82) is 0 Å². The number of H-pyrrole nitrogens is 1. The van der Waals surface area contributed by atoms with Crippen LogP contribution in [-0.4, -0.2) is 26.7 Å². The Morgan fingerprint density at radius 2 is 2.14 bits per heavy atom. The van der Waals surface area contributed by atoms with Crippen LogP contribution in [0.1, 0.15) is 12.5 Å². The van der Waals surface area contributed by atoms with Crippen molar-refractivity contribution in [3.05, 3.63) is 35.0 Å². The van der Waals surface area contributed by atoms with Crippen LogP contribution in [0.15, 0.2) is 24.4 Å². The van der Waals surface area contributed by atoms with Crippen LogP contribution in [0.4, 0.5) is 17.5 Å². The Morgan fingerprint density at radius 1 is 1.29 bits per heavy atom. The van der Waals surface area contributed by atoms with Crippen molar-refractivity contribution < 1.29 is 0 Å². The summed E-state index contributed by atoms with van der Waals surface area (Å²) in [6.45, 7) is 4.70. The summed E-state index contributed by atoms with van der Waals surface area (Å²) in [5, 5.41) is 14.8. The molecule has 0 bridgehead atoms. The monoisotopic (exact) mass is 302 g/mol. The van der Waals surface area contributed by atoms with Gasteiger partial charge in [0.1, 0.15) is 5.82 Å². The van der Waals surface area contributed by atoms with Gasteiger partial charge >= 0.3 is 0 Å². The van der Waals surface area contributed by atoms with Crippen LogP contribution in [0.3, 0.4) is 0 Å². The van der Waals surface area contributed by atoms with Crippen LogP contribution in [0.2, 0.25) is 5.02 Å². The molecule has 0 radical (unpaired) electrons. The predicted molar refractivity (Wildman–Crippen MR) is 85.3 cm³/mol. The van der Waals surface area contributed by atoms with E-state index in [1.807, 2.05) is 32.0 Å². The van der Waals surface area contributed by atoms with Gasteiger partial charge in [0.05, 0.1) is 11.6 Å². The highest BCUT2D eigenvalue weighted by molar-refractivity contribution is 6.31. The first kappa shape index (κ1) is 13.6. The zero-order valence-electron chi connectivity index (χ0n) is 11.7. The highest BCUT2D eigenvalue weighted by Crippen LogP contribution is 2.28. The van der Waals surface area contributed by atoms with Crippen molar-refractivity contribution in [3.8, 4) is 0 Å². The fourth-order valence-electron chi connectivity index (χ4n) is 2.04. The Bertz CT molecular complexity index is 782. The number of halogens is 1. The van der Waals surface area contributed by atoms with Crippen LogP contribution >= 0.6 is 11.6 Å². The Balaban J connectivity index is 2.06. The second-order valence-electron chi connectivity index (χ2n) is 4.60. The van der Waals surface area contributed by atoms with E-state index in [1.165, 1.54) is 0 Å². The number of benzene rings is 1. The summed E-state index contributed by atoms with van der Waals surface area (Å²) in [5.41, 5.74) is 2.56. The third kappa shape index (κ3) is 2.62. The lowest BCUT2D eigenvalue weighted by atomic mass is 10.2. The number of fused-ring (bicyclic) bond motifs is 1. The number of rotatable bonds is 4. The smallest absolute Gasteiger partial charge is 0.226 e. The molecule has 2 heterocycles. The topological polar surface area (TPSA) is 78.5 Å². The van der Waals surface area contributed by atoms with E-state index in [4.69, 9.17) is 11.6 Å². The van der Waals surface area contributed by atoms with E-state index in [9.17, 15) is 0 Å². The molecule has 7 heteroatoms. The largest absolute Gasteiger partial charge is 0.354 e. The summed E-state index contributed by atoms with van der Waals surface area (Å²) in [6, 6.07) is 5.72. The van der Waals surface area contributed by atoms with E-state index in [0.717, 1.165) is 23.2 Å². The number of aromatic amines is 1. The normalized spacial score (nSPS) is 10.8. The number of anilines is 3. The van der Waals surface area contributed by atoms with Gasteiger partial charge < -0.3 is 10.6 Å². The van der Waals surface area contributed by atoms with E-state index in [0.29, 0.717) is 22.4 Å². The van der Waals surface area contributed by atoms with Gasteiger partial charge in [-0.1, -0.05) is 17.7 Å². The quantitative estimate of drug-likeness (QED) is 0.687. The van der Waals surface area contributed by atoms with Crippen molar-refractivity contribution in [2.75, 3.05) is 17.2 Å². The van der Waals surface area contributed by atoms with E-state index in [-0.39, 0.29) is 0 Å². The molecule has 0 saturated carbocycles. The molecule has 0 unspecified atom stereocenters. The highest BCUT2D eigenvalue weighted by Gasteiger charge is 2.11. The minimum atomic E-state index is 0.552. The van der Waals surface area contributed by atoms with E-state index < -0.39 is 0 Å². The molecule has 0 aliphatic rings. The second-order valence-corrected chi connectivity index (χ2v) is 5.00. The van der Waals surface area contributed by atoms with Crippen LogP contribution in [0.25, 0.3) is 11.0 Å². The van der Waals surface area contributed by atoms with Gasteiger partial charge in [-0.05, 0) is 31.5 Å². The molecule has 2 aromatic heterocycles. The zero-order chi connectivity index (χ0) is 14.8. The van der Waals surface area contributed by atoms with Crippen LogP contribution in [-0.2, 0) is 0 Å². The molecule has 1 aromatic carbocycles. The molecule has 3 rings (SSSR count). The molecular formula is C14H15ClN6. The number of nitrogens with one attached hydrogen (secondary N) is 3. The van der Waals surface area contributed by atoms with Crippen molar-refractivity contribution in [2.24, 2.45) is 0 Å². The van der Waals surface area contributed by atoms with Crippen molar-refractivity contribution in [1.82, 2.24) is 20.2 Å². The van der Waals surface area contributed by atoms with Crippen LogP contribution in [0.5, 0.6) is 0 Å². The lowest BCUT2D eigenvalue weighted by molar-refractivity contribution is 1.07. The van der Waals surface area contributed by atoms with Crippen LogP contribution < -0.4 is 10.6 Å².